The first-order chi connectivity index (χ1) is 6.47. The summed E-state index contributed by atoms with van der Waals surface area (Å²) in [7, 11) is 0. The van der Waals surface area contributed by atoms with Gasteiger partial charge in [0.15, 0.2) is 6.61 Å². The number of rotatable bonds is 4. The van der Waals surface area contributed by atoms with Crippen LogP contribution in [-0.2, 0) is 9.63 Å². The van der Waals surface area contributed by atoms with Gasteiger partial charge in [0.05, 0.1) is 0 Å². The Labute approximate surface area is 78.7 Å². The lowest BCUT2D eigenvalue weighted by atomic mass is 10.2. The van der Waals surface area contributed by atoms with E-state index in [0.717, 1.165) is 0 Å². The van der Waals surface area contributed by atoms with E-state index in [4.69, 9.17) is 0 Å². The zero-order valence-electron chi connectivity index (χ0n) is 7.36. The third-order valence-electron chi connectivity index (χ3n) is 1.75. The van der Waals surface area contributed by atoms with Crippen LogP contribution in [0.15, 0.2) is 0 Å². The molecule has 4 nitrogen and oxygen atoms in total. The predicted molar refractivity (Wildman–Crippen MR) is 41.2 cm³/mol. The largest absolute Gasteiger partial charge is 0.413 e. The summed E-state index contributed by atoms with van der Waals surface area (Å²) >= 11 is 0. The summed E-state index contributed by atoms with van der Waals surface area (Å²) < 4.78 is 34.8. The molecule has 14 heavy (non-hydrogen) atoms. The molecule has 0 aliphatic carbocycles. The van der Waals surface area contributed by atoms with E-state index in [-0.39, 0.29) is 18.5 Å². The maximum Gasteiger partial charge on any atom is 0.413 e. The van der Waals surface area contributed by atoms with Gasteiger partial charge >= 0.3 is 6.18 Å². The maximum atomic E-state index is 11.6. The molecule has 82 valence electrons. The fraction of sp³-hybridized carbons (Fsp3) is 0.857. The van der Waals surface area contributed by atoms with Crippen LogP contribution in [-0.4, -0.2) is 31.3 Å². The number of carbonyl (C=O) groups excluding carboxylic acids is 1. The van der Waals surface area contributed by atoms with Crippen LogP contribution in [0.4, 0.5) is 13.2 Å². The minimum Gasteiger partial charge on any atom is -0.352 e. The van der Waals surface area contributed by atoms with Crippen molar-refractivity contribution in [2.24, 2.45) is 0 Å². The monoisotopic (exact) mass is 212 g/mol. The molecule has 1 aliphatic heterocycles. The molecular weight excluding hydrogens is 201 g/mol. The van der Waals surface area contributed by atoms with Crippen molar-refractivity contribution in [1.82, 2.24) is 10.8 Å². The van der Waals surface area contributed by atoms with Crippen molar-refractivity contribution in [3.8, 4) is 0 Å². The molecule has 1 unspecified atom stereocenters. The van der Waals surface area contributed by atoms with Gasteiger partial charge in [-0.3, -0.25) is 9.63 Å². The minimum absolute atomic E-state index is 0.0763. The van der Waals surface area contributed by atoms with Crippen molar-refractivity contribution in [3.63, 3.8) is 0 Å². The van der Waals surface area contributed by atoms with Crippen molar-refractivity contribution in [2.45, 2.75) is 25.1 Å². The molecule has 1 rings (SSSR count). The van der Waals surface area contributed by atoms with E-state index >= 15 is 0 Å². The molecule has 1 atom stereocenters. The molecule has 0 radical (unpaired) electrons. The van der Waals surface area contributed by atoms with Gasteiger partial charge < -0.3 is 5.32 Å². The number of nitrogens with one attached hydrogen (secondary N) is 2. The van der Waals surface area contributed by atoms with Gasteiger partial charge in [0.1, 0.15) is 0 Å². The van der Waals surface area contributed by atoms with E-state index in [1.54, 1.807) is 0 Å². The second-order valence-corrected chi connectivity index (χ2v) is 3.06. The van der Waals surface area contributed by atoms with Crippen LogP contribution in [0, 0.1) is 0 Å². The summed E-state index contributed by atoms with van der Waals surface area (Å²) in [6, 6.07) is -0.129. The highest BCUT2D eigenvalue weighted by Gasteiger charge is 2.28. The molecule has 7 heteroatoms. The summed E-state index contributed by atoms with van der Waals surface area (Å²) in [5, 5.41) is 2.59. The topological polar surface area (TPSA) is 50.4 Å². The summed E-state index contributed by atoms with van der Waals surface area (Å²) in [5.41, 5.74) is 2.17. The summed E-state index contributed by atoms with van der Waals surface area (Å²) in [4.78, 5) is 14.9. The molecule has 1 heterocycles. The molecule has 1 aliphatic rings. The Morgan fingerprint density at radius 1 is 1.57 bits per heavy atom. The predicted octanol–water partition coefficient (Wildman–Crippen LogP) is 0.349. The number of hydrogen-bond acceptors (Lipinski definition) is 3. The van der Waals surface area contributed by atoms with Crippen molar-refractivity contribution < 1.29 is 22.8 Å². The molecule has 0 aromatic heterocycles. The summed E-state index contributed by atoms with van der Waals surface area (Å²) in [6.07, 6.45) is -3.28. The van der Waals surface area contributed by atoms with E-state index in [1.165, 1.54) is 0 Å². The van der Waals surface area contributed by atoms with Crippen LogP contribution in [0.1, 0.15) is 12.8 Å². The number of amides is 1. The van der Waals surface area contributed by atoms with Crippen molar-refractivity contribution in [2.75, 3.05) is 13.2 Å². The smallest absolute Gasteiger partial charge is 0.352 e. The quantitative estimate of drug-likeness (QED) is 0.522. The van der Waals surface area contributed by atoms with E-state index < -0.39 is 12.8 Å². The van der Waals surface area contributed by atoms with E-state index in [0.29, 0.717) is 12.8 Å². The molecule has 0 aromatic rings. The van der Waals surface area contributed by atoms with E-state index in [9.17, 15) is 18.0 Å². The van der Waals surface area contributed by atoms with Gasteiger partial charge in [-0.25, -0.2) is 5.48 Å². The highest BCUT2D eigenvalue weighted by atomic mass is 19.4. The zero-order valence-corrected chi connectivity index (χ0v) is 7.36. The lowest BCUT2D eigenvalue weighted by molar-refractivity contribution is -0.189. The Bertz CT molecular complexity index is 208. The maximum absolute atomic E-state index is 11.6. The number of halogens is 3. The third-order valence-corrected chi connectivity index (χ3v) is 1.75. The zero-order chi connectivity index (χ0) is 10.6. The van der Waals surface area contributed by atoms with Crippen LogP contribution in [0.2, 0.25) is 0 Å². The first kappa shape index (κ1) is 11.3. The summed E-state index contributed by atoms with van der Waals surface area (Å²) in [5.74, 6) is -0.0763. The van der Waals surface area contributed by atoms with Crippen LogP contribution in [0.3, 0.4) is 0 Å². The molecule has 0 saturated carbocycles. The van der Waals surface area contributed by atoms with Crippen molar-refractivity contribution in [1.29, 1.82) is 0 Å². The van der Waals surface area contributed by atoms with Gasteiger partial charge in [-0.2, -0.15) is 13.2 Å². The number of carbonyl (C=O) groups is 1. The molecule has 2 N–H and O–H groups in total. The average Bonchev–Trinajstić information content (AvgIpc) is 2.44. The van der Waals surface area contributed by atoms with Gasteiger partial charge in [-0.1, -0.05) is 0 Å². The van der Waals surface area contributed by atoms with Crippen molar-refractivity contribution in [3.05, 3.63) is 0 Å². The fourth-order valence-electron chi connectivity index (χ4n) is 1.12. The van der Waals surface area contributed by atoms with E-state index in [2.05, 4.69) is 15.6 Å². The SMILES string of the molecule is O=C1CCC(CNOCC(F)(F)F)N1. The molecular formula is C7H11F3N2O2. The number of hydroxylamine groups is 1. The third kappa shape index (κ3) is 4.43. The molecule has 1 fully saturated rings. The molecule has 0 aromatic carbocycles. The average molecular weight is 212 g/mol. The van der Waals surface area contributed by atoms with Gasteiger partial charge in [0.2, 0.25) is 5.91 Å². The highest BCUT2D eigenvalue weighted by molar-refractivity contribution is 5.78. The van der Waals surface area contributed by atoms with Gasteiger partial charge in [0, 0.05) is 19.0 Å². The highest BCUT2D eigenvalue weighted by Crippen LogP contribution is 2.13. The van der Waals surface area contributed by atoms with Gasteiger partial charge in [0.25, 0.3) is 0 Å². The first-order valence-corrected chi connectivity index (χ1v) is 4.18. The lowest BCUT2D eigenvalue weighted by Gasteiger charge is -2.12. The van der Waals surface area contributed by atoms with E-state index in [1.807, 2.05) is 0 Å². The fourth-order valence-corrected chi connectivity index (χ4v) is 1.12. The number of hydrogen-bond donors (Lipinski definition) is 2. The second-order valence-electron chi connectivity index (χ2n) is 3.06. The Kier molecular flexibility index (Phi) is 3.70. The van der Waals surface area contributed by atoms with Crippen molar-refractivity contribution >= 4 is 5.91 Å². The number of alkyl halides is 3. The molecule has 0 spiro atoms. The minimum atomic E-state index is -4.33. The lowest BCUT2D eigenvalue weighted by Crippen LogP contribution is -2.37. The first-order valence-electron chi connectivity index (χ1n) is 4.18. The van der Waals surface area contributed by atoms with Crippen LogP contribution < -0.4 is 10.8 Å². The van der Waals surface area contributed by atoms with Crippen LogP contribution in [0.5, 0.6) is 0 Å². The Morgan fingerprint density at radius 2 is 2.29 bits per heavy atom. The Balaban J connectivity index is 2.02. The normalized spacial score (nSPS) is 22.5. The van der Waals surface area contributed by atoms with Crippen LogP contribution >= 0.6 is 0 Å². The molecule has 0 bridgehead atoms. The Hall–Kier alpha value is -0.820. The molecule has 1 amide bonds. The van der Waals surface area contributed by atoms with Crippen LogP contribution in [0.25, 0.3) is 0 Å². The van der Waals surface area contributed by atoms with Gasteiger partial charge in [-0.15, -0.1) is 0 Å². The Morgan fingerprint density at radius 3 is 2.79 bits per heavy atom. The second kappa shape index (κ2) is 4.61. The standard InChI is InChI=1S/C7H11F3N2O2/c8-7(9,10)4-14-11-3-5-1-2-6(13)12-5/h5,11H,1-4H2,(H,12,13). The van der Waals surface area contributed by atoms with Gasteiger partial charge in [-0.05, 0) is 6.42 Å². The summed E-state index contributed by atoms with van der Waals surface area (Å²) in [6.45, 7) is -1.13. The molecule has 1 saturated heterocycles.